The fourth-order valence-electron chi connectivity index (χ4n) is 0.930. The lowest BCUT2D eigenvalue weighted by molar-refractivity contribution is 0.150. The molecule has 2 nitrogen and oxygen atoms in total. The molecule has 0 fully saturated rings. The smallest absolute Gasteiger partial charge is 0.266 e. The van der Waals surface area contributed by atoms with E-state index in [9.17, 15) is 13.6 Å². The molecule has 1 aromatic heterocycles. The molecule has 1 rings (SSSR count). The Bertz CT molecular complexity index is 366. The van der Waals surface area contributed by atoms with E-state index in [1.165, 1.54) is 0 Å². The first kappa shape index (κ1) is 10.7. The largest absolute Gasteiger partial charge is 0.325 e. The average Bonchev–Trinajstić information content (AvgIpc) is 2.01. The van der Waals surface area contributed by atoms with Crippen LogP contribution in [0.5, 0.6) is 0 Å². The van der Waals surface area contributed by atoms with Crippen LogP contribution in [0.25, 0.3) is 0 Å². The van der Waals surface area contributed by atoms with E-state index in [0.29, 0.717) is 0 Å². The van der Waals surface area contributed by atoms with Gasteiger partial charge in [0, 0.05) is 17.1 Å². The molecule has 0 saturated carbocycles. The Hall–Kier alpha value is -0.420. The summed E-state index contributed by atoms with van der Waals surface area (Å²) in [5.74, 6) is 0. The zero-order valence-corrected chi connectivity index (χ0v) is 8.62. The van der Waals surface area contributed by atoms with Gasteiger partial charge in [0.05, 0.1) is 10.6 Å². The number of hydrogen-bond donors (Lipinski definition) is 1. The lowest BCUT2D eigenvalue weighted by atomic mass is 10.2. The van der Waals surface area contributed by atoms with Crippen LogP contribution in [0.15, 0.2) is 10.9 Å². The van der Waals surface area contributed by atoms with Crippen LogP contribution in [-0.4, -0.2) is 4.98 Å². The first-order chi connectivity index (χ1) is 6.06. The third-order valence-corrected chi connectivity index (χ3v) is 2.34. The molecular weight excluding hydrogens is 267 g/mol. The van der Waals surface area contributed by atoms with Crippen LogP contribution >= 0.6 is 27.5 Å². The van der Waals surface area contributed by atoms with Crippen LogP contribution in [0.4, 0.5) is 8.78 Å². The molecule has 1 heterocycles. The molecule has 0 spiro atoms. The second-order valence-corrected chi connectivity index (χ2v) is 3.28. The Labute approximate surface area is 86.0 Å². The Morgan fingerprint density at radius 2 is 2.23 bits per heavy atom. The van der Waals surface area contributed by atoms with Crippen LogP contribution < -0.4 is 5.56 Å². The minimum absolute atomic E-state index is 0.118. The summed E-state index contributed by atoms with van der Waals surface area (Å²) in [5.41, 5.74) is -0.686. The molecule has 0 atom stereocenters. The van der Waals surface area contributed by atoms with Crippen LogP contribution in [0.2, 0.25) is 5.02 Å². The molecule has 0 aliphatic carbocycles. The molecule has 6 heteroatoms. The minimum atomic E-state index is -2.68. The molecular formula is C7H5BrClF2NO. The molecule has 1 aromatic rings. The van der Waals surface area contributed by atoms with Gasteiger partial charge in [0.15, 0.2) is 0 Å². The number of rotatable bonds is 2. The predicted molar refractivity (Wildman–Crippen MR) is 49.7 cm³/mol. The van der Waals surface area contributed by atoms with Crippen molar-refractivity contribution in [3.8, 4) is 0 Å². The number of aromatic nitrogens is 1. The summed E-state index contributed by atoms with van der Waals surface area (Å²) in [5, 5.41) is -0.0594. The predicted octanol–water partition coefficient (Wildman–Crippen LogP) is 2.86. The third kappa shape index (κ3) is 2.28. The Morgan fingerprint density at radius 3 is 2.69 bits per heavy atom. The van der Waals surface area contributed by atoms with E-state index < -0.39 is 12.0 Å². The van der Waals surface area contributed by atoms with Crippen molar-refractivity contribution in [1.29, 1.82) is 0 Å². The summed E-state index contributed by atoms with van der Waals surface area (Å²) in [6.45, 7) is 0. The van der Waals surface area contributed by atoms with Crippen molar-refractivity contribution in [2.24, 2.45) is 0 Å². The second kappa shape index (κ2) is 4.19. The maximum atomic E-state index is 12.4. The zero-order chi connectivity index (χ0) is 10.0. The number of hydrogen-bond acceptors (Lipinski definition) is 1. The molecule has 72 valence electrons. The molecule has 0 bridgehead atoms. The summed E-state index contributed by atoms with van der Waals surface area (Å²) < 4.78 is 24.8. The van der Waals surface area contributed by atoms with Crippen molar-refractivity contribution in [3.05, 3.63) is 32.7 Å². The summed E-state index contributed by atoms with van der Waals surface area (Å²) >= 11 is 8.47. The quantitative estimate of drug-likeness (QED) is 0.825. The molecule has 1 N–H and O–H groups in total. The zero-order valence-electron chi connectivity index (χ0n) is 6.28. The number of H-pyrrole nitrogens is 1. The van der Waals surface area contributed by atoms with Gasteiger partial charge in [-0.25, -0.2) is 8.78 Å². The highest BCUT2D eigenvalue weighted by Crippen LogP contribution is 2.28. The van der Waals surface area contributed by atoms with Crippen molar-refractivity contribution in [1.82, 2.24) is 4.98 Å². The van der Waals surface area contributed by atoms with Gasteiger partial charge >= 0.3 is 0 Å². The Morgan fingerprint density at radius 1 is 1.62 bits per heavy atom. The monoisotopic (exact) mass is 271 g/mol. The van der Waals surface area contributed by atoms with Crippen molar-refractivity contribution >= 4 is 27.5 Å². The van der Waals surface area contributed by atoms with Gasteiger partial charge in [0.2, 0.25) is 5.56 Å². The van der Waals surface area contributed by atoms with Gasteiger partial charge in [-0.3, -0.25) is 4.79 Å². The average molecular weight is 272 g/mol. The highest BCUT2D eigenvalue weighted by Gasteiger charge is 2.17. The van der Waals surface area contributed by atoms with Crippen LogP contribution in [-0.2, 0) is 5.33 Å². The van der Waals surface area contributed by atoms with E-state index in [2.05, 4.69) is 20.9 Å². The van der Waals surface area contributed by atoms with E-state index in [1.807, 2.05) is 0 Å². The van der Waals surface area contributed by atoms with Crippen molar-refractivity contribution in [3.63, 3.8) is 0 Å². The van der Waals surface area contributed by atoms with Crippen LogP contribution in [0.1, 0.15) is 17.7 Å². The van der Waals surface area contributed by atoms with Gasteiger partial charge in [0.25, 0.3) is 6.43 Å². The van der Waals surface area contributed by atoms with E-state index in [0.717, 1.165) is 6.07 Å². The lowest BCUT2D eigenvalue weighted by Gasteiger charge is -2.06. The fraction of sp³-hybridized carbons (Fsp3) is 0.286. The molecule has 0 aliphatic heterocycles. The highest BCUT2D eigenvalue weighted by atomic mass is 79.9. The topological polar surface area (TPSA) is 32.9 Å². The number of nitrogens with one attached hydrogen (secondary N) is 1. The van der Waals surface area contributed by atoms with Crippen LogP contribution in [0, 0.1) is 0 Å². The SMILES string of the molecule is O=c1cc(Cl)c(C(F)F)c(CBr)[nH]1. The molecule has 0 radical (unpaired) electrons. The lowest BCUT2D eigenvalue weighted by Crippen LogP contribution is -2.10. The van der Waals surface area contributed by atoms with E-state index >= 15 is 0 Å². The minimum Gasteiger partial charge on any atom is -0.325 e. The molecule has 13 heavy (non-hydrogen) atoms. The highest BCUT2D eigenvalue weighted by molar-refractivity contribution is 9.08. The molecule has 0 amide bonds. The van der Waals surface area contributed by atoms with Crippen molar-refractivity contribution < 1.29 is 8.78 Å². The molecule has 0 unspecified atom stereocenters. The normalized spacial score (nSPS) is 10.8. The molecule has 0 saturated heterocycles. The van der Waals surface area contributed by atoms with Crippen LogP contribution in [0.3, 0.4) is 0 Å². The van der Waals surface area contributed by atoms with Gasteiger partial charge < -0.3 is 4.98 Å². The van der Waals surface area contributed by atoms with Gasteiger partial charge in [-0.1, -0.05) is 27.5 Å². The summed E-state index contributed by atoms with van der Waals surface area (Å²) in [7, 11) is 0. The molecule has 0 aliphatic rings. The van der Waals surface area contributed by atoms with Gasteiger partial charge in [-0.15, -0.1) is 0 Å². The van der Waals surface area contributed by atoms with Gasteiger partial charge in [0.1, 0.15) is 0 Å². The van der Waals surface area contributed by atoms with E-state index in [1.54, 1.807) is 0 Å². The first-order valence-corrected chi connectivity index (χ1v) is 4.82. The Balaban J connectivity index is 3.38. The number of aromatic amines is 1. The fourth-order valence-corrected chi connectivity index (χ4v) is 1.67. The first-order valence-electron chi connectivity index (χ1n) is 3.32. The summed E-state index contributed by atoms with van der Waals surface area (Å²) in [4.78, 5) is 13.1. The van der Waals surface area contributed by atoms with Gasteiger partial charge in [-0.05, 0) is 0 Å². The van der Waals surface area contributed by atoms with Crippen molar-refractivity contribution in [2.75, 3.05) is 0 Å². The number of alkyl halides is 3. The second-order valence-electron chi connectivity index (χ2n) is 2.31. The van der Waals surface area contributed by atoms with E-state index in [4.69, 9.17) is 11.6 Å². The maximum Gasteiger partial charge on any atom is 0.266 e. The van der Waals surface area contributed by atoms with Crippen molar-refractivity contribution in [2.45, 2.75) is 11.8 Å². The molecule has 0 aromatic carbocycles. The Kier molecular flexibility index (Phi) is 3.44. The number of halogens is 4. The number of pyridine rings is 1. The summed E-state index contributed by atoms with van der Waals surface area (Å²) in [6.07, 6.45) is -2.68. The maximum absolute atomic E-state index is 12.4. The summed E-state index contributed by atoms with van der Waals surface area (Å²) in [6, 6.07) is 0.940. The van der Waals surface area contributed by atoms with Gasteiger partial charge in [-0.2, -0.15) is 0 Å². The van der Waals surface area contributed by atoms with E-state index in [-0.39, 0.29) is 21.6 Å². The standard InChI is InChI=1S/C7H5BrClF2NO/c8-2-4-6(7(10)11)3(9)1-5(13)12-4/h1,7H,2H2,(H,12,13). The third-order valence-electron chi connectivity index (χ3n) is 1.47.